The molecule has 0 spiro atoms. The smallest absolute Gasteiger partial charge is 0.338 e. The molecule has 0 unspecified atom stereocenters. The topological polar surface area (TPSA) is 102 Å². The minimum Gasteiger partial charge on any atom is -0.452 e. The van der Waals surface area contributed by atoms with Gasteiger partial charge in [-0.2, -0.15) is 0 Å². The molecule has 1 saturated heterocycles. The van der Waals surface area contributed by atoms with E-state index in [9.17, 15) is 18.0 Å². The van der Waals surface area contributed by atoms with Gasteiger partial charge in [0.1, 0.15) is 0 Å². The maximum Gasteiger partial charge on any atom is 0.338 e. The number of hydrogen-bond donors (Lipinski definition) is 1. The molecule has 2 aromatic carbocycles. The highest BCUT2D eigenvalue weighted by Gasteiger charge is 2.26. The fourth-order valence-electron chi connectivity index (χ4n) is 3.33. The van der Waals surface area contributed by atoms with Crippen LogP contribution in [-0.2, 0) is 30.8 Å². The van der Waals surface area contributed by atoms with Crippen LogP contribution in [0.15, 0.2) is 59.5 Å². The number of esters is 1. The van der Waals surface area contributed by atoms with E-state index >= 15 is 0 Å². The molecule has 1 aliphatic rings. The van der Waals surface area contributed by atoms with Crippen molar-refractivity contribution in [1.82, 2.24) is 9.62 Å². The van der Waals surface area contributed by atoms with Gasteiger partial charge >= 0.3 is 5.97 Å². The van der Waals surface area contributed by atoms with E-state index in [1.165, 1.54) is 24.3 Å². The van der Waals surface area contributed by atoms with Crippen LogP contribution in [0.5, 0.6) is 0 Å². The fourth-order valence-corrected chi connectivity index (χ4v) is 4.39. The summed E-state index contributed by atoms with van der Waals surface area (Å²) in [6.45, 7) is 4.33. The van der Waals surface area contributed by atoms with Crippen LogP contribution in [0.25, 0.3) is 0 Å². The van der Waals surface area contributed by atoms with E-state index < -0.39 is 22.6 Å². The minimum absolute atomic E-state index is 0.0547. The van der Waals surface area contributed by atoms with Crippen LogP contribution in [0, 0.1) is 0 Å². The van der Waals surface area contributed by atoms with Crippen molar-refractivity contribution in [3.05, 3.63) is 65.7 Å². The Labute approximate surface area is 182 Å². The lowest BCUT2D eigenvalue weighted by atomic mass is 10.2. The highest BCUT2D eigenvalue weighted by molar-refractivity contribution is 7.89. The predicted octanol–water partition coefficient (Wildman–Crippen LogP) is 1.96. The highest BCUT2D eigenvalue weighted by Crippen LogP contribution is 2.14. The second-order valence-electron chi connectivity index (χ2n) is 7.47. The molecule has 0 saturated carbocycles. The van der Waals surface area contributed by atoms with Gasteiger partial charge in [0.2, 0.25) is 10.0 Å². The second-order valence-corrected chi connectivity index (χ2v) is 9.24. The van der Waals surface area contributed by atoms with Gasteiger partial charge in [-0.3, -0.25) is 4.79 Å². The Kier molecular flexibility index (Phi) is 7.42. The third kappa shape index (κ3) is 6.36. The van der Waals surface area contributed by atoms with E-state index in [0.717, 1.165) is 5.56 Å². The van der Waals surface area contributed by atoms with Crippen LogP contribution >= 0.6 is 0 Å². The molecule has 0 aromatic heterocycles. The van der Waals surface area contributed by atoms with Crippen molar-refractivity contribution in [2.45, 2.75) is 37.5 Å². The van der Waals surface area contributed by atoms with Crippen molar-refractivity contribution in [3.63, 3.8) is 0 Å². The van der Waals surface area contributed by atoms with Gasteiger partial charge in [-0.25, -0.2) is 17.9 Å². The molecule has 1 fully saturated rings. The largest absolute Gasteiger partial charge is 0.452 e. The Balaban J connectivity index is 1.59. The minimum atomic E-state index is -3.82. The molecular formula is C22H26N2O6S. The summed E-state index contributed by atoms with van der Waals surface area (Å²) in [5, 5.41) is 0. The van der Waals surface area contributed by atoms with Gasteiger partial charge in [-0.15, -0.1) is 0 Å². The maximum atomic E-state index is 12.6. The monoisotopic (exact) mass is 446 g/mol. The summed E-state index contributed by atoms with van der Waals surface area (Å²) in [7, 11) is -3.82. The first-order valence-corrected chi connectivity index (χ1v) is 11.5. The summed E-state index contributed by atoms with van der Waals surface area (Å²) in [4.78, 5) is 26.3. The molecular weight excluding hydrogens is 420 g/mol. The third-order valence-electron chi connectivity index (χ3n) is 4.79. The lowest BCUT2D eigenvalue weighted by molar-refractivity contribution is -0.146. The van der Waals surface area contributed by atoms with E-state index in [4.69, 9.17) is 9.47 Å². The number of sulfonamides is 1. The average molecular weight is 447 g/mol. The first-order chi connectivity index (χ1) is 14.7. The molecule has 31 heavy (non-hydrogen) atoms. The summed E-state index contributed by atoms with van der Waals surface area (Å²) in [6.07, 6.45) is -0.178. The summed E-state index contributed by atoms with van der Waals surface area (Å²) >= 11 is 0. The van der Waals surface area contributed by atoms with Gasteiger partial charge in [0.25, 0.3) is 5.91 Å². The number of nitrogens with one attached hydrogen (secondary N) is 1. The Morgan fingerprint density at radius 1 is 1.06 bits per heavy atom. The maximum absolute atomic E-state index is 12.6. The zero-order valence-corrected chi connectivity index (χ0v) is 18.3. The van der Waals surface area contributed by atoms with Crippen molar-refractivity contribution in [3.8, 4) is 0 Å². The van der Waals surface area contributed by atoms with Crippen molar-refractivity contribution < 1.29 is 27.5 Å². The quantitative estimate of drug-likeness (QED) is 0.653. The number of nitrogens with zero attached hydrogens (tertiary/aromatic N) is 1. The van der Waals surface area contributed by atoms with Crippen LogP contribution in [0.1, 0.15) is 29.8 Å². The predicted molar refractivity (Wildman–Crippen MR) is 114 cm³/mol. The van der Waals surface area contributed by atoms with Crippen LogP contribution in [0.2, 0.25) is 0 Å². The van der Waals surface area contributed by atoms with E-state index in [-0.39, 0.29) is 35.1 Å². The fraction of sp³-hybridized carbons (Fsp3) is 0.364. The molecule has 1 N–H and O–H groups in total. The molecule has 8 nitrogen and oxygen atoms in total. The standard InChI is InChI=1S/C22H26N2O6S/c1-16-13-24(14-17(2)30-16)21(25)15-29-22(26)19-9-6-10-20(11-19)31(27,28)23-12-18-7-4-3-5-8-18/h3-11,16-17,23H,12-15H2,1-2H3/t16-,17-/m0/s1. The van der Waals surface area contributed by atoms with Crippen molar-refractivity contribution in [2.24, 2.45) is 0 Å². The Bertz CT molecular complexity index is 1020. The lowest BCUT2D eigenvalue weighted by Crippen LogP contribution is -2.49. The summed E-state index contributed by atoms with van der Waals surface area (Å²) in [5.74, 6) is -1.08. The number of carbonyl (C=O) groups is 2. The van der Waals surface area contributed by atoms with Crippen molar-refractivity contribution in [1.29, 1.82) is 0 Å². The molecule has 0 radical (unpaired) electrons. The zero-order chi connectivity index (χ0) is 22.4. The number of ether oxygens (including phenoxy) is 2. The van der Waals surface area contributed by atoms with Crippen LogP contribution in [0.4, 0.5) is 0 Å². The first-order valence-electron chi connectivity index (χ1n) is 9.98. The molecule has 1 aliphatic heterocycles. The average Bonchev–Trinajstić information content (AvgIpc) is 2.76. The number of amides is 1. The molecule has 1 heterocycles. The molecule has 1 amide bonds. The summed E-state index contributed by atoms with van der Waals surface area (Å²) in [6, 6.07) is 14.6. The summed E-state index contributed by atoms with van der Waals surface area (Å²) < 4.78 is 38.4. The molecule has 166 valence electrons. The Morgan fingerprint density at radius 3 is 2.42 bits per heavy atom. The van der Waals surface area contributed by atoms with Gasteiger partial charge in [-0.1, -0.05) is 36.4 Å². The molecule has 3 rings (SSSR count). The normalized spacial score (nSPS) is 19.1. The number of hydrogen-bond acceptors (Lipinski definition) is 6. The molecule has 2 aromatic rings. The zero-order valence-electron chi connectivity index (χ0n) is 17.5. The molecule has 2 atom stereocenters. The van der Waals surface area contributed by atoms with Gasteiger partial charge in [0.15, 0.2) is 6.61 Å². The van der Waals surface area contributed by atoms with Crippen LogP contribution in [0.3, 0.4) is 0 Å². The Morgan fingerprint density at radius 2 is 1.74 bits per heavy atom. The van der Waals surface area contributed by atoms with E-state index in [2.05, 4.69) is 4.72 Å². The Hall–Kier alpha value is -2.75. The lowest BCUT2D eigenvalue weighted by Gasteiger charge is -2.35. The summed E-state index contributed by atoms with van der Waals surface area (Å²) in [5.41, 5.74) is 0.867. The van der Waals surface area contributed by atoms with Crippen molar-refractivity contribution >= 4 is 21.9 Å². The van der Waals surface area contributed by atoms with Crippen molar-refractivity contribution in [2.75, 3.05) is 19.7 Å². The third-order valence-corrected chi connectivity index (χ3v) is 6.19. The number of rotatable bonds is 7. The van der Waals surface area contributed by atoms with E-state index in [0.29, 0.717) is 13.1 Å². The van der Waals surface area contributed by atoms with Gasteiger partial charge in [-0.05, 0) is 37.6 Å². The van der Waals surface area contributed by atoms with Gasteiger partial charge in [0.05, 0.1) is 22.7 Å². The second kappa shape index (κ2) is 10.0. The number of morpholine rings is 1. The molecule has 0 bridgehead atoms. The molecule has 9 heteroatoms. The van der Waals surface area contributed by atoms with Gasteiger partial charge < -0.3 is 14.4 Å². The SMILES string of the molecule is C[C@H]1CN(C(=O)COC(=O)c2cccc(S(=O)(=O)NCc3ccccc3)c2)C[C@H](C)O1. The van der Waals surface area contributed by atoms with E-state index in [1.807, 2.05) is 44.2 Å². The number of carbonyl (C=O) groups excluding carboxylic acids is 2. The van der Waals surface area contributed by atoms with Crippen LogP contribution in [-0.4, -0.2) is 57.1 Å². The van der Waals surface area contributed by atoms with Crippen LogP contribution < -0.4 is 4.72 Å². The van der Waals surface area contributed by atoms with E-state index in [1.54, 1.807) is 4.90 Å². The first kappa shape index (κ1) is 22.9. The highest BCUT2D eigenvalue weighted by atomic mass is 32.2. The number of benzene rings is 2. The van der Waals surface area contributed by atoms with Gasteiger partial charge in [0, 0.05) is 19.6 Å². The molecule has 0 aliphatic carbocycles.